The van der Waals surface area contributed by atoms with E-state index in [1.165, 1.54) is 7.11 Å². The summed E-state index contributed by atoms with van der Waals surface area (Å²) in [6, 6.07) is 8.88. The molecule has 12 heavy (non-hydrogen) atoms. The number of hydrogen-bond acceptors (Lipinski definition) is 2. The molecule has 0 unspecified atom stereocenters. The van der Waals surface area contributed by atoms with Gasteiger partial charge in [-0.1, -0.05) is 18.2 Å². The van der Waals surface area contributed by atoms with E-state index >= 15 is 0 Å². The fourth-order valence-electron chi connectivity index (χ4n) is 0.692. The number of methoxy groups -OCH3 is 1. The Hall–Kier alpha value is -0.221. The first kappa shape index (κ1) is 14.3. The zero-order chi connectivity index (χ0) is 7.40. The van der Waals surface area contributed by atoms with Gasteiger partial charge in [0.05, 0.1) is 12.7 Å². The van der Waals surface area contributed by atoms with Crippen LogP contribution < -0.4 is 0 Å². The van der Waals surface area contributed by atoms with Gasteiger partial charge in [-0.3, -0.25) is 0 Å². The molecule has 0 spiro atoms. The quantitative estimate of drug-likeness (QED) is 0.570. The molecule has 0 aromatic heterocycles. The van der Waals surface area contributed by atoms with Crippen LogP contribution in [0.2, 0.25) is 0 Å². The molecule has 0 saturated carbocycles. The molecule has 0 saturated heterocycles. The number of hydrogen-bond donors (Lipinski definition) is 0. The summed E-state index contributed by atoms with van der Waals surface area (Å²) in [6.45, 7) is 0. The van der Waals surface area contributed by atoms with Gasteiger partial charge in [0.25, 0.3) is 0 Å². The van der Waals surface area contributed by atoms with E-state index in [4.69, 9.17) is 0 Å². The first-order valence-electron chi connectivity index (χ1n) is 2.98. The van der Waals surface area contributed by atoms with Crippen molar-refractivity contribution in [2.75, 3.05) is 7.11 Å². The Labute approximate surface area is 94.7 Å². The molecule has 1 aromatic rings. The molecule has 0 aliphatic carbocycles. The summed E-state index contributed by atoms with van der Waals surface area (Å²) in [5.74, 6) is -0.291. The normalized spacial score (nSPS) is 7.42. The second kappa shape index (κ2) is 7.43. The van der Waals surface area contributed by atoms with Crippen molar-refractivity contribution in [1.82, 2.24) is 0 Å². The Morgan fingerprint density at radius 1 is 1.25 bits per heavy atom. The maximum atomic E-state index is 10.8. The number of rotatable bonds is 1. The fraction of sp³-hybridized carbons (Fsp3) is 0.125. The summed E-state index contributed by atoms with van der Waals surface area (Å²) in [5.41, 5.74) is 0.588. The predicted molar refractivity (Wildman–Crippen MR) is 53.6 cm³/mol. The van der Waals surface area contributed by atoms with E-state index in [1.807, 2.05) is 6.07 Å². The van der Waals surface area contributed by atoms with Crippen molar-refractivity contribution in [2.24, 2.45) is 0 Å². The topological polar surface area (TPSA) is 26.3 Å². The van der Waals surface area contributed by atoms with Gasteiger partial charge in [0, 0.05) is 0 Å². The first-order chi connectivity index (χ1) is 4.84. The van der Waals surface area contributed by atoms with Crippen molar-refractivity contribution in [3.05, 3.63) is 35.9 Å². The van der Waals surface area contributed by atoms with E-state index in [9.17, 15) is 4.79 Å². The minimum atomic E-state index is -0.291. The van der Waals surface area contributed by atoms with Gasteiger partial charge < -0.3 is 4.74 Å². The Bertz CT molecular complexity index is 226. The van der Waals surface area contributed by atoms with Crippen LogP contribution in [-0.2, 0) is 4.74 Å². The van der Waals surface area contributed by atoms with Crippen LogP contribution in [-0.4, -0.2) is 37.0 Å². The average Bonchev–Trinajstić information content (AvgIpc) is 2.05. The minimum absolute atomic E-state index is 0. The van der Waals surface area contributed by atoms with Crippen LogP contribution in [0.5, 0.6) is 0 Å². The van der Waals surface area contributed by atoms with Gasteiger partial charge in [0.2, 0.25) is 0 Å². The summed E-state index contributed by atoms with van der Waals surface area (Å²) >= 11 is 0. The molecular weight excluding hydrogens is 282 g/mol. The van der Waals surface area contributed by atoms with Crippen LogP contribution in [0.1, 0.15) is 10.4 Å². The van der Waals surface area contributed by atoms with Gasteiger partial charge in [-0.05, 0) is 12.1 Å². The van der Waals surface area contributed by atoms with E-state index in [0.717, 1.165) is 0 Å². The van der Waals surface area contributed by atoms with Gasteiger partial charge in [-0.15, -0.1) is 12.4 Å². The second-order valence-corrected chi connectivity index (χ2v) is 1.86. The summed E-state index contributed by atoms with van der Waals surface area (Å²) in [5, 5.41) is 0. The standard InChI is InChI=1S/C8H8O2.ClH.Sn.2H/c1-10-8(9)7-5-3-2-4-6-7;;;;/h2-6H,1H3;1H;;;. The van der Waals surface area contributed by atoms with E-state index < -0.39 is 0 Å². The van der Waals surface area contributed by atoms with Gasteiger partial charge in [-0.2, -0.15) is 0 Å². The number of carbonyl (C=O) groups excluding carboxylic acids is 1. The third-order valence-electron chi connectivity index (χ3n) is 1.19. The third kappa shape index (κ3) is 3.97. The Morgan fingerprint density at radius 3 is 2.17 bits per heavy atom. The fourth-order valence-corrected chi connectivity index (χ4v) is 0.692. The van der Waals surface area contributed by atoms with E-state index in [-0.39, 0.29) is 42.3 Å². The van der Waals surface area contributed by atoms with Crippen LogP contribution >= 0.6 is 12.4 Å². The second-order valence-electron chi connectivity index (χ2n) is 1.86. The number of esters is 1. The summed E-state index contributed by atoms with van der Waals surface area (Å²) in [4.78, 5) is 10.8. The van der Waals surface area contributed by atoms with Crippen LogP contribution in [0, 0.1) is 0 Å². The van der Waals surface area contributed by atoms with Crippen LogP contribution in [0.4, 0.5) is 0 Å². The molecule has 0 amide bonds. The monoisotopic (exact) mass is 294 g/mol. The number of carbonyl (C=O) groups is 1. The average molecular weight is 293 g/mol. The predicted octanol–water partition coefficient (Wildman–Crippen LogP) is 0.979. The molecule has 0 heterocycles. The molecule has 66 valence electrons. The van der Waals surface area contributed by atoms with Crippen LogP contribution in [0.25, 0.3) is 0 Å². The SMILES string of the molecule is COC(=O)c1ccccc1.Cl.[SnH2]. The maximum absolute atomic E-state index is 10.8. The molecule has 1 rings (SSSR count). The molecule has 0 aliphatic rings. The number of ether oxygens (including phenoxy) is 1. The molecule has 0 N–H and O–H groups in total. The molecule has 1 aromatic carbocycles. The van der Waals surface area contributed by atoms with Gasteiger partial charge >= 0.3 is 29.9 Å². The van der Waals surface area contributed by atoms with Crippen LogP contribution in [0.15, 0.2) is 30.3 Å². The van der Waals surface area contributed by atoms with Crippen molar-refractivity contribution in [3.8, 4) is 0 Å². The number of benzene rings is 1. The summed E-state index contributed by atoms with van der Waals surface area (Å²) in [7, 11) is 1.37. The van der Waals surface area contributed by atoms with Crippen molar-refractivity contribution in [3.63, 3.8) is 0 Å². The summed E-state index contributed by atoms with van der Waals surface area (Å²) in [6.07, 6.45) is 0. The molecule has 0 bridgehead atoms. The van der Waals surface area contributed by atoms with Gasteiger partial charge in [0.15, 0.2) is 0 Å². The first-order valence-corrected chi connectivity index (χ1v) is 2.98. The molecule has 0 fully saturated rings. The Balaban J connectivity index is 0. The number of halogens is 1. The van der Waals surface area contributed by atoms with Gasteiger partial charge in [0.1, 0.15) is 0 Å². The van der Waals surface area contributed by atoms with E-state index in [1.54, 1.807) is 24.3 Å². The third-order valence-corrected chi connectivity index (χ3v) is 1.19. The van der Waals surface area contributed by atoms with Gasteiger partial charge in [-0.25, -0.2) is 4.79 Å². The van der Waals surface area contributed by atoms with E-state index in [0.29, 0.717) is 5.56 Å². The molecule has 0 aliphatic heterocycles. The molecule has 0 atom stereocenters. The summed E-state index contributed by atoms with van der Waals surface area (Å²) < 4.78 is 4.50. The Kier molecular flexibility index (Phi) is 8.86. The van der Waals surface area contributed by atoms with E-state index in [2.05, 4.69) is 4.74 Å². The van der Waals surface area contributed by atoms with Crippen molar-refractivity contribution < 1.29 is 9.53 Å². The molecule has 2 radical (unpaired) electrons. The Morgan fingerprint density at radius 2 is 1.75 bits per heavy atom. The molecule has 4 heteroatoms. The zero-order valence-electron chi connectivity index (χ0n) is 6.82. The van der Waals surface area contributed by atoms with Crippen molar-refractivity contribution in [1.29, 1.82) is 0 Å². The van der Waals surface area contributed by atoms with Crippen LogP contribution in [0.3, 0.4) is 0 Å². The van der Waals surface area contributed by atoms with Crippen molar-refractivity contribution >= 4 is 42.3 Å². The molecular formula is C8H11ClO2Sn. The molecule has 2 nitrogen and oxygen atoms in total. The zero-order valence-corrected chi connectivity index (χ0v) is 11.7. The van der Waals surface area contributed by atoms with Crippen molar-refractivity contribution in [2.45, 2.75) is 0 Å².